The number of hydrogen-bond acceptors (Lipinski definition) is 12. The Morgan fingerprint density at radius 1 is 0.346 bits per heavy atom. The normalized spacial score (nSPS) is 61.2. The summed E-state index contributed by atoms with van der Waals surface area (Å²) in [5.41, 5.74) is 0. The number of rotatable bonds is 0. The van der Waals surface area contributed by atoms with Crippen LogP contribution in [0.1, 0.15) is 0 Å². The van der Waals surface area contributed by atoms with Gasteiger partial charge in [-0.15, -0.1) is 0 Å². The van der Waals surface area contributed by atoms with Gasteiger partial charge in [-0.2, -0.15) is 0 Å². The smallest absolute Gasteiger partial charge is 0.391 e. The molecule has 3 rings (SSSR count). The molecule has 3 N–H and O–H groups in total. The largest absolute Gasteiger partial charge is 0.480 e. The molecule has 0 amide bonds. The zero-order valence-corrected chi connectivity index (χ0v) is 22.5. The van der Waals surface area contributed by atoms with Crippen molar-refractivity contribution in [3.05, 3.63) is 0 Å². The van der Waals surface area contributed by atoms with Gasteiger partial charge in [-0.1, -0.05) is 0 Å². The molecular formula is C7H24O12Si7. The van der Waals surface area contributed by atoms with Gasteiger partial charge in [-0.05, 0) is 0 Å². The third kappa shape index (κ3) is 4.78. The van der Waals surface area contributed by atoms with E-state index in [1.165, 1.54) is 39.3 Å². The highest BCUT2D eigenvalue weighted by molar-refractivity contribution is 6.96. The predicted molar refractivity (Wildman–Crippen MR) is 97.7 cm³/mol. The van der Waals surface area contributed by atoms with Crippen molar-refractivity contribution in [1.82, 2.24) is 0 Å². The fourth-order valence-electron chi connectivity index (χ4n) is 3.39. The van der Waals surface area contributed by atoms with E-state index in [0.717, 1.165) is 0 Å². The lowest BCUT2D eigenvalue weighted by atomic mass is 11.9. The van der Waals surface area contributed by atoms with Crippen LogP contribution in [0, 0.1) is 0 Å². The molecule has 3 fully saturated rings. The average Bonchev–Trinajstić information content (AvgIpc) is 2.11. The highest BCUT2D eigenvalue weighted by Crippen LogP contribution is 2.40. The molecule has 3 saturated heterocycles. The molecule has 3 aliphatic heterocycles. The summed E-state index contributed by atoms with van der Waals surface area (Å²) in [5, 5.41) is 0. The first kappa shape index (κ1) is 21.7. The van der Waals surface area contributed by atoms with E-state index in [1.54, 1.807) is 6.55 Å². The zero-order chi connectivity index (χ0) is 19.9. The van der Waals surface area contributed by atoms with E-state index in [4.69, 9.17) is 37.0 Å². The van der Waals surface area contributed by atoms with Crippen molar-refractivity contribution >= 4 is 61.6 Å². The Bertz CT molecular complexity index is 496. The molecule has 0 saturated carbocycles. The Kier molecular flexibility index (Phi) is 5.04. The van der Waals surface area contributed by atoms with E-state index in [1.807, 2.05) is 0 Å². The van der Waals surface area contributed by atoms with E-state index >= 15 is 0 Å². The van der Waals surface area contributed by atoms with Gasteiger partial charge in [0.25, 0.3) is 0 Å². The Hall–Kier alpha value is 1.04. The van der Waals surface area contributed by atoms with Crippen LogP contribution in [-0.2, 0) is 37.0 Å². The van der Waals surface area contributed by atoms with Crippen LogP contribution in [0.5, 0.6) is 0 Å². The van der Waals surface area contributed by atoms with Crippen molar-refractivity contribution in [3.8, 4) is 0 Å². The Morgan fingerprint density at radius 2 is 0.500 bits per heavy atom. The summed E-state index contributed by atoms with van der Waals surface area (Å²) >= 11 is 0. The van der Waals surface area contributed by atoms with Crippen LogP contribution in [0.4, 0.5) is 0 Å². The minimum absolute atomic E-state index is 1.35. The summed E-state index contributed by atoms with van der Waals surface area (Å²) in [6, 6.07) is 0. The molecule has 4 bridgehead atoms. The van der Waals surface area contributed by atoms with Crippen molar-refractivity contribution in [2.75, 3.05) is 0 Å². The zero-order valence-electron chi connectivity index (χ0n) is 15.5. The topological polar surface area (TPSA) is 144 Å². The summed E-state index contributed by atoms with van der Waals surface area (Å²) in [4.78, 5) is 32.0. The van der Waals surface area contributed by atoms with E-state index < -0.39 is 61.6 Å². The molecule has 3 heterocycles. The van der Waals surface area contributed by atoms with Crippen molar-refractivity contribution in [2.24, 2.45) is 0 Å². The van der Waals surface area contributed by atoms with Gasteiger partial charge in [0.15, 0.2) is 0 Å². The second kappa shape index (κ2) is 6.03. The lowest BCUT2D eigenvalue weighted by molar-refractivity contribution is 0.0211. The molecule has 12 nitrogen and oxygen atoms in total. The van der Waals surface area contributed by atoms with E-state index in [-0.39, 0.29) is 0 Å². The van der Waals surface area contributed by atoms with Crippen LogP contribution in [0.2, 0.25) is 45.8 Å². The minimum Gasteiger partial charge on any atom is -0.391 e. The van der Waals surface area contributed by atoms with Gasteiger partial charge in [0, 0.05) is 45.8 Å². The van der Waals surface area contributed by atoms with Gasteiger partial charge in [0.05, 0.1) is 0 Å². The first-order chi connectivity index (χ1) is 11.4. The van der Waals surface area contributed by atoms with Crippen molar-refractivity contribution in [3.63, 3.8) is 0 Å². The van der Waals surface area contributed by atoms with Gasteiger partial charge in [-0.25, -0.2) is 0 Å². The van der Waals surface area contributed by atoms with Crippen LogP contribution in [-0.4, -0.2) is 76.0 Å². The van der Waals surface area contributed by atoms with Crippen molar-refractivity contribution < 1.29 is 51.4 Å². The Balaban J connectivity index is 2.17. The van der Waals surface area contributed by atoms with Crippen LogP contribution >= 0.6 is 0 Å². The van der Waals surface area contributed by atoms with E-state index in [9.17, 15) is 14.4 Å². The average molecular weight is 497 g/mol. The standard InChI is InChI=1S/C7H24O12Si7/c1-20(8)11-23(4)13-21(2,9)15-25(6)16-22(3,10)14-24(5,12-20)18-26(7,17-23)19-25/h8-10H,1-7H3. The fourth-order valence-corrected chi connectivity index (χ4v) is 36.1. The summed E-state index contributed by atoms with van der Waals surface area (Å²) in [5.74, 6) is 0. The summed E-state index contributed by atoms with van der Waals surface area (Å²) < 4.78 is 52.5. The van der Waals surface area contributed by atoms with E-state index in [0.29, 0.717) is 0 Å². The summed E-state index contributed by atoms with van der Waals surface area (Å²) in [7, 11) is -26.3. The van der Waals surface area contributed by atoms with Crippen molar-refractivity contribution in [2.45, 2.75) is 45.8 Å². The molecular weight excluding hydrogens is 473 g/mol. The fraction of sp³-hybridized carbons (Fsp3) is 1.00. The first-order valence-electron chi connectivity index (χ1n) is 7.85. The quantitative estimate of drug-likeness (QED) is 0.359. The van der Waals surface area contributed by atoms with Gasteiger partial charge >= 0.3 is 61.6 Å². The highest BCUT2D eigenvalue weighted by Gasteiger charge is 2.71. The van der Waals surface area contributed by atoms with Gasteiger partial charge in [0.2, 0.25) is 0 Å². The second-order valence-corrected chi connectivity index (χ2v) is 26.7. The molecule has 0 aromatic rings. The molecule has 3 aliphatic rings. The summed E-state index contributed by atoms with van der Waals surface area (Å²) in [6.07, 6.45) is 0. The molecule has 19 heteroatoms. The molecule has 0 atom stereocenters. The predicted octanol–water partition coefficient (Wildman–Crippen LogP) is -0.866. The third-order valence-electron chi connectivity index (χ3n) is 3.36. The monoisotopic (exact) mass is 496 g/mol. The lowest BCUT2D eigenvalue weighted by Crippen LogP contribution is -2.79. The minimum atomic E-state index is -3.88. The molecule has 26 heavy (non-hydrogen) atoms. The SMILES string of the molecule is C[Si]1(O)O[Si]2(C)O[Si](C)(O)O[Si]3(C)O[Si](C)(O)O[Si](C)(O1)O[Si](C)(O2)O3. The maximum atomic E-state index is 10.7. The Morgan fingerprint density at radius 3 is 0.692 bits per heavy atom. The second-order valence-electron chi connectivity index (χ2n) is 7.06. The van der Waals surface area contributed by atoms with Crippen LogP contribution in [0.25, 0.3) is 0 Å². The van der Waals surface area contributed by atoms with E-state index in [2.05, 4.69) is 0 Å². The van der Waals surface area contributed by atoms with Gasteiger partial charge in [-0.3, -0.25) is 0 Å². The molecule has 0 aromatic carbocycles. The molecule has 0 radical (unpaired) electrons. The van der Waals surface area contributed by atoms with Gasteiger partial charge in [0.1, 0.15) is 0 Å². The molecule has 0 aromatic heterocycles. The Labute approximate surface area is 159 Å². The number of fused-ring (bicyclic) bond motifs is 3. The maximum Gasteiger partial charge on any atom is 0.480 e. The molecule has 0 spiro atoms. The molecule has 0 unspecified atom stereocenters. The van der Waals surface area contributed by atoms with Crippen LogP contribution < -0.4 is 0 Å². The molecule has 0 aliphatic carbocycles. The number of hydrogen-bond donors (Lipinski definition) is 3. The molecule has 152 valence electrons. The first-order valence-corrected chi connectivity index (χ1v) is 23.5. The third-order valence-corrected chi connectivity index (χ3v) is 30.2. The van der Waals surface area contributed by atoms with Gasteiger partial charge < -0.3 is 51.4 Å². The maximum absolute atomic E-state index is 10.7. The van der Waals surface area contributed by atoms with Crippen LogP contribution in [0.15, 0.2) is 0 Å². The highest BCUT2D eigenvalue weighted by atomic mass is 28.6. The summed E-state index contributed by atoms with van der Waals surface area (Å²) in [6.45, 7) is 10.1. The van der Waals surface area contributed by atoms with Crippen molar-refractivity contribution in [1.29, 1.82) is 0 Å². The lowest BCUT2D eigenvalue weighted by Gasteiger charge is -2.53. The van der Waals surface area contributed by atoms with Crippen LogP contribution in [0.3, 0.4) is 0 Å².